The van der Waals surface area contributed by atoms with Crippen molar-refractivity contribution in [3.8, 4) is 0 Å². The van der Waals surface area contributed by atoms with Crippen LogP contribution in [0.15, 0.2) is 0 Å². The highest BCUT2D eigenvalue weighted by molar-refractivity contribution is 7.88. The average molecular weight is 292 g/mol. The highest BCUT2D eigenvalue weighted by Gasteiger charge is 2.28. The quantitative estimate of drug-likeness (QED) is 0.715. The van der Waals surface area contributed by atoms with Crippen molar-refractivity contribution in [3.05, 3.63) is 0 Å². The summed E-state index contributed by atoms with van der Waals surface area (Å²) in [6.07, 6.45) is 3.35. The summed E-state index contributed by atoms with van der Waals surface area (Å²) < 4.78 is 29.3. The molecule has 0 radical (unpaired) electrons. The number of carbonyl (C=O) groups is 1. The van der Waals surface area contributed by atoms with Crippen molar-refractivity contribution in [3.63, 3.8) is 0 Å². The minimum Gasteiger partial charge on any atom is -0.465 e. The van der Waals surface area contributed by atoms with Crippen LogP contribution in [0.4, 0.5) is 0 Å². The summed E-state index contributed by atoms with van der Waals surface area (Å²) in [4.78, 5) is 11.7. The molecule has 1 saturated heterocycles. The summed E-state index contributed by atoms with van der Waals surface area (Å²) >= 11 is 0. The minimum absolute atomic E-state index is 0.173. The standard InChI is InChI=1S/C12H24N2O4S/c1-4-11(12(15)18-5-2)13-10-6-8-14(9-7-10)19(3,16)17/h10-11,13H,4-9H2,1-3H3. The van der Waals surface area contributed by atoms with E-state index in [-0.39, 0.29) is 18.1 Å². The highest BCUT2D eigenvalue weighted by atomic mass is 32.2. The summed E-state index contributed by atoms with van der Waals surface area (Å²) in [5.41, 5.74) is 0. The second-order valence-corrected chi connectivity index (χ2v) is 6.80. The molecule has 1 unspecified atom stereocenters. The van der Waals surface area contributed by atoms with Crippen molar-refractivity contribution in [2.75, 3.05) is 26.0 Å². The number of hydrogen-bond acceptors (Lipinski definition) is 5. The van der Waals surface area contributed by atoms with E-state index < -0.39 is 10.0 Å². The van der Waals surface area contributed by atoms with Gasteiger partial charge in [-0.1, -0.05) is 6.92 Å². The van der Waals surface area contributed by atoms with Crippen molar-refractivity contribution >= 4 is 16.0 Å². The molecule has 0 spiro atoms. The Morgan fingerprint density at radius 2 is 1.95 bits per heavy atom. The van der Waals surface area contributed by atoms with Crippen LogP contribution in [0.2, 0.25) is 0 Å². The zero-order valence-electron chi connectivity index (χ0n) is 11.9. The molecule has 0 amide bonds. The van der Waals surface area contributed by atoms with Gasteiger partial charge in [-0.15, -0.1) is 0 Å². The van der Waals surface area contributed by atoms with Crippen LogP contribution in [0.5, 0.6) is 0 Å². The Morgan fingerprint density at radius 3 is 2.37 bits per heavy atom. The fourth-order valence-corrected chi connectivity index (χ4v) is 3.11. The van der Waals surface area contributed by atoms with Gasteiger partial charge in [0.15, 0.2) is 0 Å². The maximum Gasteiger partial charge on any atom is 0.323 e. The number of piperidine rings is 1. The first-order chi connectivity index (χ1) is 8.88. The zero-order valence-corrected chi connectivity index (χ0v) is 12.7. The summed E-state index contributed by atoms with van der Waals surface area (Å²) in [7, 11) is -3.09. The van der Waals surface area contributed by atoms with Crippen molar-refractivity contribution in [1.82, 2.24) is 9.62 Å². The van der Waals surface area contributed by atoms with Gasteiger partial charge in [0.25, 0.3) is 0 Å². The number of nitrogens with one attached hydrogen (secondary N) is 1. The van der Waals surface area contributed by atoms with Gasteiger partial charge in [-0.25, -0.2) is 12.7 Å². The molecule has 0 aromatic carbocycles. The number of sulfonamides is 1. The molecule has 1 rings (SSSR count). The Bertz CT molecular complexity index is 389. The molecule has 1 N–H and O–H groups in total. The molecule has 1 atom stereocenters. The minimum atomic E-state index is -3.09. The van der Waals surface area contributed by atoms with Crippen LogP contribution >= 0.6 is 0 Å². The van der Waals surface area contributed by atoms with Crippen LogP contribution in [0.25, 0.3) is 0 Å². The van der Waals surface area contributed by atoms with Crippen molar-refractivity contribution in [2.24, 2.45) is 0 Å². The van der Waals surface area contributed by atoms with Crippen molar-refractivity contribution in [1.29, 1.82) is 0 Å². The van der Waals surface area contributed by atoms with E-state index in [1.165, 1.54) is 10.6 Å². The van der Waals surface area contributed by atoms with Crippen LogP contribution in [-0.4, -0.2) is 56.7 Å². The molecule has 0 bridgehead atoms. The van der Waals surface area contributed by atoms with E-state index >= 15 is 0 Å². The Hall–Kier alpha value is -0.660. The lowest BCUT2D eigenvalue weighted by molar-refractivity contribution is -0.146. The van der Waals surface area contributed by atoms with E-state index in [1.807, 2.05) is 6.92 Å². The number of hydrogen-bond donors (Lipinski definition) is 1. The van der Waals surface area contributed by atoms with Gasteiger partial charge in [-0.2, -0.15) is 0 Å². The second kappa shape index (κ2) is 7.21. The van der Waals surface area contributed by atoms with E-state index in [1.54, 1.807) is 6.92 Å². The number of ether oxygens (including phenoxy) is 1. The molecule has 0 aromatic heterocycles. The second-order valence-electron chi connectivity index (χ2n) is 4.82. The summed E-state index contributed by atoms with van der Waals surface area (Å²) in [6.45, 7) is 5.12. The fourth-order valence-electron chi connectivity index (χ4n) is 2.23. The lowest BCUT2D eigenvalue weighted by Crippen LogP contribution is -2.49. The summed E-state index contributed by atoms with van der Waals surface area (Å²) in [5, 5.41) is 3.27. The molecular weight excluding hydrogens is 268 g/mol. The first-order valence-corrected chi connectivity index (χ1v) is 8.61. The van der Waals surface area contributed by atoms with Crippen LogP contribution in [-0.2, 0) is 19.6 Å². The van der Waals surface area contributed by atoms with Crippen molar-refractivity contribution < 1.29 is 17.9 Å². The first-order valence-electron chi connectivity index (χ1n) is 6.76. The number of carbonyl (C=O) groups excluding carboxylic acids is 1. The maximum atomic E-state index is 11.7. The van der Waals surface area contributed by atoms with E-state index in [2.05, 4.69) is 5.32 Å². The molecule has 7 heteroatoms. The molecule has 1 fully saturated rings. The molecular formula is C12H24N2O4S. The predicted molar refractivity (Wildman–Crippen MR) is 73.3 cm³/mol. The van der Waals surface area contributed by atoms with Gasteiger partial charge in [0, 0.05) is 19.1 Å². The van der Waals surface area contributed by atoms with Gasteiger partial charge in [0.2, 0.25) is 10.0 Å². The fraction of sp³-hybridized carbons (Fsp3) is 0.917. The number of esters is 1. The Balaban J connectivity index is 2.45. The zero-order chi connectivity index (χ0) is 14.5. The summed E-state index contributed by atoms with van der Waals surface area (Å²) in [6, 6.07) is -0.123. The SMILES string of the molecule is CCOC(=O)C(CC)NC1CCN(S(C)(=O)=O)CC1. The van der Waals surface area contributed by atoms with Gasteiger partial charge in [0.1, 0.15) is 6.04 Å². The lowest BCUT2D eigenvalue weighted by Gasteiger charge is -2.32. The van der Waals surface area contributed by atoms with Crippen LogP contribution in [0, 0.1) is 0 Å². The topological polar surface area (TPSA) is 75.7 Å². The molecule has 1 heterocycles. The Morgan fingerprint density at radius 1 is 1.37 bits per heavy atom. The molecule has 0 aromatic rings. The van der Waals surface area contributed by atoms with E-state index in [0.29, 0.717) is 26.1 Å². The Kier molecular flexibility index (Phi) is 6.22. The van der Waals surface area contributed by atoms with Crippen molar-refractivity contribution in [2.45, 2.75) is 45.2 Å². The number of rotatable bonds is 6. The van der Waals surface area contributed by atoms with E-state index in [9.17, 15) is 13.2 Å². The lowest BCUT2D eigenvalue weighted by atomic mass is 10.0. The van der Waals surface area contributed by atoms with Gasteiger partial charge in [-0.05, 0) is 26.2 Å². The van der Waals surface area contributed by atoms with E-state index in [0.717, 1.165) is 12.8 Å². The normalized spacial score (nSPS) is 20.2. The molecule has 19 heavy (non-hydrogen) atoms. The molecule has 0 aliphatic carbocycles. The van der Waals surface area contributed by atoms with Crippen LogP contribution in [0.1, 0.15) is 33.1 Å². The largest absolute Gasteiger partial charge is 0.465 e. The first kappa shape index (κ1) is 16.4. The molecule has 1 aliphatic heterocycles. The molecule has 1 aliphatic rings. The van der Waals surface area contributed by atoms with Gasteiger partial charge in [0.05, 0.1) is 12.9 Å². The maximum absolute atomic E-state index is 11.7. The monoisotopic (exact) mass is 292 g/mol. The van der Waals surface area contributed by atoms with Gasteiger partial charge < -0.3 is 10.1 Å². The highest BCUT2D eigenvalue weighted by Crippen LogP contribution is 2.14. The van der Waals surface area contributed by atoms with Gasteiger partial charge in [-0.3, -0.25) is 4.79 Å². The third kappa shape index (κ3) is 5.08. The predicted octanol–water partition coefficient (Wildman–Crippen LogP) is 0.342. The summed E-state index contributed by atoms with van der Waals surface area (Å²) in [5.74, 6) is -0.226. The van der Waals surface area contributed by atoms with Crippen LogP contribution in [0.3, 0.4) is 0 Å². The third-order valence-electron chi connectivity index (χ3n) is 3.34. The van der Waals surface area contributed by atoms with Gasteiger partial charge >= 0.3 is 5.97 Å². The molecule has 0 saturated carbocycles. The number of nitrogens with zero attached hydrogens (tertiary/aromatic N) is 1. The average Bonchev–Trinajstić information content (AvgIpc) is 2.35. The van der Waals surface area contributed by atoms with Crippen LogP contribution < -0.4 is 5.32 Å². The molecule has 112 valence electrons. The molecule has 6 nitrogen and oxygen atoms in total. The van der Waals surface area contributed by atoms with E-state index in [4.69, 9.17) is 4.74 Å². The Labute approximate surface area is 115 Å². The third-order valence-corrected chi connectivity index (χ3v) is 4.64. The smallest absolute Gasteiger partial charge is 0.323 e.